The van der Waals surface area contributed by atoms with Gasteiger partial charge in [0.05, 0.1) is 0 Å². The molecule has 130 valence electrons. The number of Topliss-reactive ketones (excluding diaryl/α,β-unsaturated/α-hetero) is 1. The first-order valence-electron chi connectivity index (χ1n) is 9.40. The van der Waals surface area contributed by atoms with Gasteiger partial charge >= 0.3 is 0 Å². The number of carbonyl (C=O) groups excluding carboxylic acids is 2. The van der Waals surface area contributed by atoms with E-state index in [9.17, 15) is 14.7 Å². The second kappa shape index (κ2) is 4.91. The molecule has 0 radical (unpaired) electrons. The molecule has 0 amide bonds. The topological polar surface area (TPSA) is 54.4 Å². The minimum Gasteiger partial charge on any atom is -0.381 e. The number of hydrogen-bond donors (Lipinski definition) is 1. The van der Waals surface area contributed by atoms with E-state index in [4.69, 9.17) is 0 Å². The molecule has 3 heteroatoms. The van der Waals surface area contributed by atoms with Crippen LogP contribution in [0.1, 0.15) is 65.7 Å². The lowest BCUT2D eigenvalue weighted by Crippen LogP contribution is -2.54. The average Bonchev–Trinajstić information content (AvgIpc) is 2.81. The zero-order chi connectivity index (χ0) is 17.3. The summed E-state index contributed by atoms with van der Waals surface area (Å²) >= 11 is 0. The fourth-order valence-corrected chi connectivity index (χ4v) is 6.45. The summed E-state index contributed by atoms with van der Waals surface area (Å²) in [6, 6.07) is 0. The number of fused-ring (bicyclic) bond motifs is 5. The zero-order valence-electron chi connectivity index (χ0n) is 15.0. The third kappa shape index (κ3) is 1.82. The van der Waals surface area contributed by atoms with Crippen LogP contribution in [0.5, 0.6) is 0 Å². The molecule has 4 aliphatic carbocycles. The van der Waals surface area contributed by atoms with Crippen molar-refractivity contribution in [1.29, 1.82) is 0 Å². The molecule has 0 aromatic carbocycles. The summed E-state index contributed by atoms with van der Waals surface area (Å²) in [5.74, 6) is 1.03. The fourth-order valence-electron chi connectivity index (χ4n) is 6.45. The van der Waals surface area contributed by atoms with Gasteiger partial charge in [0.2, 0.25) is 0 Å². The molecule has 0 unspecified atom stereocenters. The van der Waals surface area contributed by atoms with Crippen molar-refractivity contribution in [2.45, 2.75) is 71.3 Å². The molecule has 3 nitrogen and oxygen atoms in total. The molecule has 0 heterocycles. The molecule has 0 aliphatic heterocycles. The van der Waals surface area contributed by atoms with Gasteiger partial charge in [0.15, 0.2) is 11.6 Å². The second-order valence-electron chi connectivity index (χ2n) is 8.96. The van der Waals surface area contributed by atoms with Crippen molar-refractivity contribution in [3.8, 4) is 0 Å². The Morgan fingerprint density at radius 1 is 1.21 bits per heavy atom. The summed E-state index contributed by atoms with van der Waals surface area (Å²) in [5, 5.41) is 11.1. The third-order valence-electron chi connectivity index (χ3n) is 8.07. The van der Waals surface area contributed by atoms with E-state index in [-0.39, 0.29) is 22.4 Å². The number of rotatable bonds is 1. The summed E-state index contributed by atoms with van der Waals surface area (Å²) in [6.45, 7) is 5.97. The Kier molecular flexibility index (Phi) is 3.32. The van der Waals surface area contributed by atoms with Crippen LogP contribution in [0.3, 0.4) is 0 Å². The standard InChI is InChI=1S/C21H28O3/c1-13(22)21(24)11-8-18-16-5-4-14-12-15(23)6-9-19(14,2)17(16)7-10-20(18,21)3/h7,12,16,18,24H,4-6,8-11H2,1-3H3/t16-,18+,19+,20+,21+/m1/s1. The molecular formula is C21H28O3. The molecule has 24 heavy (non-hydrogen) atoms. The summed E-state index contributed by atoms with van der Waals surface area (Å²) < 4.78 is 0. The van der Waals surface area contributed by atoms with Crippen LogP contribution in [0.4, 0.5) is 0 Å². The van der Waals surface area contributed by atoms with Gasteiger partial charge in [0, 0.05) is 17.3 Å². The maximum Gasteiger partial charge on any atom is 0.161 e. The van der Waals surface area contributed by atoms with E-state index < -0.39 is 5.60 Å². The van der Waals surface area contributed by atoms with E-state index in [0.29, 0.717) is 24.7 Å². The predicted octanol–water partition coefficient (Wildman–Crippen LogP) is 3.76. The van der Waals surface area contributed by atoms with Crippen molar-refractivity contribution < 1.29 is 14.7 Å². The smallest absolute Gasteiger partial charge is 0.161 e. The molecule has 2 saturated carbocycles. The van der Waals surface area contributed by atoms with Crippen molar-refractivity contribution in [1.82, 2.24) is 0 Å². The van der Waals surface area contributed by atoms with Gasteiger partial charge < -0.3 is 5.11 Å². The van der Waals surface area contributed by atoms with E-state index >= 15 is 0 Å². The molecule has 0 aromatic heterocycles. The van der Waals surface area contributed by atoms with Crippen LogP contribution in [-0.4, -0.2) is 22.3 Å². The van der Waals surface area contributed by atoms with Crippen molar-refractivity contribution >= 4 is 11.6 Å². The van der Waals surface area contributed by atoms with Crippen LogP contribution in [0, 0.1) is 22.7 Å². The number of allylic oxidation sites excluding steroid dienone is 4. The third-order valence-corrected chi connectivity index (χ3v) is 8.07. The minimum absolute atomic E-state index is 0.0229. The molecule has 0 bridgehead atoms. The number of ketones is 2. The lowest BCUT2D eigenvalue weighted by Gasteiger charge is -2.54. The van der Waals surface area contributed by atoms with Crippen LogP contribution in [0.15, 0.2) is 23.3 Å². The molecule has 5 atom stereocenters. The molecule has 0 spiro atoms. The van der Waals surface area contributed by atoms with Gasteiger partial charge in [-0.1, -0.05) is 31.1 Å². The van der Waals surface area contributed by atoms with Crippen LogP contribution in [-0.2, 0) is 9.59 Å². The molecular weight excluding hydrogens is 300 g/mol. The molecule has 4 rings (SSSR count). The first kappa shape index (κ1) is 16.3. The number of aliphatic hydroxyl groups is 1. The Bertz CT molecular complexity index is 687. The Labute approximate surface area is 144 Å². The summed E-state index contributed by atoms with van der Waals surface area (Å²) in [6.07, 6.45) is 10.1. The Morgan fingerprint density at radius 2 is 1.96 bits per heavy atom. The Morgan fingerprint density at radius 3 is 2.67 bits per heavy atom. The lowest BCUT2D eigenvalue weighted by molar-refractivity contribution is -0.150. The first-order valence-corrected chi connectivity index (χ1v) is 9.40. The van der Waals surface area contributed by atoms with Crippen LogP contribution in [0.2, 0.25) is 0 Å². The highest BCUT2D eigenvalue weighted by Crippen LogP contribution is 2.65. The number of hydrogen-bond acceptors (Lipinski definition) is 3. The van der Waals surface area contributed by atoms with Gasteiger partial charge in [-0.15, -0.1) is 0 Å². The van der Waals surface area contributed by atoms with Gasteiger partial charge in [0.25, 0.3) is 0 Å². The highest BCUT2D eigenvalue weighted by atomic mass is 16.3. The van der Waals surface area contributed by atoms with E-state index in [1.807, 2.05) is 6.08 Å². The summed E-state index contributed by atoms with van der Waals surface area (Å²) in [7, 11) is 0. The Hall–Kier alpha value is -1.22. The molecule has 0 aromatic rings. The number of carbonyl (C=O) groups is 2. The predicted molar refractivity (Wildman–Crippen MR) is 92.3 cm³/mol. The summed E-state index contributed by atoms with van der Waals surface area (Å²) in [5.41, 5.74) is 1.32. The SMILES string of the molecule is CC(=O)[C@@]1(O)CC[C@H]2[C@@H]3CCC4=CC(=O)CC[C@]4(C)C3=CC[C@@]21C. The van der Waals surface area contributed by atoms with Gasteiger partial charge in [-0.05, 0) is 63.4 Å². The highest BCUT2D eigenvalue weighted by molar-refractivity contribution is 5.92. The van der Waals surface area contributed by atoms with Crippen molar-refractivity contribution in [2.24, 2.45) is 22.7 Å². The largest absolute Gasteiger partial charge is 0.381 e. The van der Waals surface area contributed by atoms with Crippen LogP contribution in [0.25, 0.3) is 0 Å². The first-order chi connectivity index (χ1) is 11.2. The minimum atomic E-state index is -1.17. The van der Waals surface area contributed by atoms with E-state index in [2.05, 4.69) is 19.9 Å². The van der Waals surface area contributed by atoms with E-state index in [1.54, 1.807) is 6.92 Å². The van der Waals surface area contributed by atoms with Crippen molar-refractivity contribution in [3.05, 3.63) is 23.3 Å². The van der Waals surface area contributed by atoms with Crippen LogP contribution >= 0.6 is 0 Å². The monoisotopic (exact) mass is 328 g/mol. The van der Waals surface area contributed by atoms with Gasteiger partial charge in [0.1, 0.15) is 5.60 Å². The maximum absolute atomic E-state index is 12.2. The molecule has 1 N–H and O–H groups in total. The zero-order valence-corrected chi connectivity index (χ0v) is 15.0. The second-order valence-corrected chi connectivity index (χ2v) is 8.96. The highest BCUT2D eigenvalue weighted by Gasteiger charge is 2.63. The quantitative estimate of drug-likeness (QED) is 0.746. The normalized spacial score (nSPS) is 47.2. The van der Waals surface area contributed by atoms with E-state index in [0.717, 1.165) is 32.1 Å². The Balaban J connectivity index is 1.77. The van der Waals surface area contributed by atoms with Gasteiger partial charge in [-0.2, -0.15) is 0 Å². The van der Waals surface area contributed by atoms with Crippen LogP contribution < -0.4 is 0 Å². The molecule has 2 fully saturated rings. The maximum atomic E-state index is 12.2. The van der Waals surface area contributed by atoms with E-state index in [1.165, 1.54) is 11.1 Å². The fraction of sp³-hybridized carbons (Fsp3) is 0.714. The van der Waals surface area contributed by atoms with Crippen molar-refractivity contribution in [2.75, 3.05) is 0 Å². The molecule has 4 aliphatic rings. The lowest BCUT2D eigenvalue weighted by atomic mass is 9.50. The average molecular weight is 328 g/mol. The summed E-state index contributed by atoms with van der Waals surface area (Å²) in [4.78, 5) is 24.0. The van der Waals surface area contributed by atoms with Gasteiger partial charge in [-0.25, -0.2) is 0 Å². The van der Waals surface area contributed by atoms with Gasteiger partial charge in [-0.3, -0.25) is 9.59 Å². The van der Waals surface area contributed by atoms with Crippen molar-refractivity contribution in [3.63, 3.8) is 0 Å². The molecule has 0 saturated heterocycles.